The molecule has 5 nitrogen and oxygen atoms in total. The molecule has 0 aliphatic carbocycles. The van der Waals surface area contributed by atoms with Crippen molar-refractivity contribution in [2.75, 3.05) is 11.5 Å². The second kappa shape index (κ2) is 4.73. The van der Waals surface area contributed by atoms with Gasteiger partial charge >= 0.3 is 5.69 Å². The molecule has 94 valence electrons. The Bertz CT molecular complexity index is 573. The second-order valence-electron chi connectivity index (χ2n) is 3.81. The van der Waals surface area contributed by atoms with Gasteiger partial charge in [-0.05, 0) is 12.8 Å². The van der Waals surface area contributed by atoms with Gasteiger partial charge < -0.3 is 0 Å². The number of nitrogens with one attached hydrogen (secondary N) is 1. The van der Waals surface area contributed by atoms with Gasteiger partial charge in [0.25, 0.3) is 5.56 Å². The van der Waals surface area contributed by atoms with E-state index in [-0.39, 0.29) is 0 Å². The summed E-state index contributed by atoms with van der Waals surface area (Å²) in [7, 11) is -0.905. The fraction of sp³-hybridized carbons (Fsp3) is 0.556. The van der Waals surface area contributed by atoms with E-state index in [2.05, 4.69) is 4.98 Å². The molecule has 0 aromatic carbocycles. The van der Waals surface area contributed by atoms with E-state index in [1.165, 1.54) is 0 Å². The van der Waals surface area contributed by atoms with E-state index in [0.29, 0.717) is 24.3 Å². The molecule has 0 bridgehead atoms. The summed E-state index contributed by atoms with van der Waals surface area (Å²) in [6.45, 7) is 0. The SMILES string of the molecule is O=c1[nH]c(Cl)c(F)c(=O)n1C1CCS(=O)CC1. The molecular weight excluding hydrogens is 271 g/mol. The highest BCUT2D eigenvalue weighted by Gasteiger charge is 2.24. The average Bonchev–Trinajstić information content (AvgIpc) is 2.29. The van der Waals surface area contributed by atoms with Gasteiger partial charge in [-0.2, -0.15) is 4.39 Å². The largest absolute Gasteiger partial charge is 0.329 e. The van der Waals surface area contributed by atoms with E-state index in [9.17, 15) is 18.2 Å². The quantitative estimate of drug-likeness (QED) is 0.758. The van der Waals surface area contributed by atoms with Gasteiger partial charge in [0.2, 0.25) is 5.82 Å². The topological polar surface area (TPSA) is 71.9 Å². The minimum Gasteiger partial charge on any atom is -0.295 e. The van der Waals surface area contributed by atoms with Crippen LogP contribution in [-0.2, 0) is 10.8 Å². The molecule has 0 amide bonds. The van der Waals surface area contributed by atoms with Gasteiger partial charge in [0.15, 0.2) is 5.15 Å². The number of aromatic amines is 1. The van der Waals surface area contributed by atoms with Crippen LogP contribution in [0.1, 0.15) is 18.9 Å². The highest BCUT2D eigenvalue weighted by atomic mass is 35.5. The Morgan fingerprint density at radius 1 is 1.35 bits per heavy atom. The number of H-pyrrole nitrogens is 1. The summed E-state index contributed by atoms with van der Waals surface area (Å²) in [4.78, 5) is 25.3. The molecular formula is C9H10ClFN2O3S. The van der Waals surface area contributed by atoms with Crippen LogP contribution in [0, 0.1) is 5.82 Å². The third-order valence-electron chi connectivity index (χ3n) is 2.76. The average molecular weight is 281 g/mol. The van der Waals surface area contributed by atoms with E-state index < -0.39 is 39.1 Å². The maximum Gasteiger partial charge on any atom is 0.329 e. The molecule has 0 saturated carbocycles. The molecule has 1 aliphatic heterocycles. The number of aromatic nitrogens is 2. The van der Waals surface area contributed by atoms with Crippen LogP contribution in [0.4, 0.5) is 4.39 Å². The number of hydrogen-bond acceptors (Lipinski definition) is 3. The zero-order valence-electron chi connectivity index (χ0n) is 8.74. The predicted molar refractivity (Wildman–Crippen MR) is 62.4 cm³/mol. The summed E-state index contributed by atoms with van der Waals surface area (Å²) in [6, 6.07) is -0.407. The molecule has 1 aliphatic rings. The van der Waals surface area contributed by atoms with Gasteiger partial charge in [0.1, 0.15) is 0 Å². The van der Waals surface area contributed by atoms with Gasteiger partial charge in [-0.3, -0.25) is 18.6 Å². The fourth-order valence-corrected chi connectivity index (χ4v) is 3.31. The van der Waals surface area contributed by atoms with E-state index in [4.69, 9.17) is 11.6 Å². The molecule has 1 saturated heterocycles. The highest BCUT2D eigenvalue weighted by Crippen LogP contribution is 2.19. The van der Waals surface area contributed by atoms with Crippen LogP contribution in [0.2, 0.25) is 5.15 Å². The van der Waals surface area contributed by atoms with Gasteiger partial charge in [0, 0.05) is 28.3 Å². The van der Waals surface area contributed by atoms with Crippen molar-refractivity contribution >= 4 is 22.4 Å². The summed E-state index contributed by atoms with van der Waals surface area (Å²) in [6.07, 6.45) is 0.855. The lowest BCUT2D eigenvalue weighted by molar-refractivity contribution is 0.414. The molecule has 1 aromatic rings. The molecule has 2 rings (SSSR count). The lowest BCUT2D eigenvalue weighted by Gasteiger charge is -2.22. The van der Waals surface area contributed by atoms with Crippen molar-refractivity contribution in [1.82, 2.24) is 9.55 Å². The van der Waals surface area contributed by atoms with Crippen molar-refractivity contribution in [3.05, 3.63) is 31.8 Å². The lowest BCUT2D eigenvalue weighted by atomic mass is 10.1. The van der Waals surface area contributed by atoms with Crippen molar-refractivity contribution in [3.63, 3.8) is 0 Å². The second-order valence-corrected chi connectivity index (χ2v) is 5.89. The summed E-state index contributed by atoms with van der Waals surface area (Å²) in [5, 5.41) is -0.573. The van der Waals surface area contributed by atoms with Crippen LogP contribution >= 0.6 is 11.6 Å². The maximum atomic E-state index is 13.3. The van der Waals surface area contributed by atoms with Gasteiger partial charge in [0.05, 0.1) is 0 Å². The van der Waals surface area contributed by atoms with Gasteiger partial charge in [-0.15, -0.1) is 0 Å². The standard InChI is InChI=1S/C9H10ClFN2O3S/c10-7-6(11)8(14)13(9(15)12-7)5-1-3-17(16)4-2-5/h5H,1-4H2,(H,12,15). The zero-order chi connectivity index (χ0) is 12.6. The van der Waals surface area contributed by atoms with E-state index in [1.807, 2.05) is 0 Å². The van der Waals surface area contributed by atoms with Crippen LogP contribution in [0.3, 0.4) is 0 Å². The molecule has 0 atom stereocenters. The van der Waals surface area contributed by atoms with Crippen LogP contribution in [0.15, 0.2) is 9.59 Å². The summed E-state index contributed by atoms with van der Waals surface area (Å²) in [5.74, 6) is -0.320. The molecule has 1 N–H and O–H groups in total. The molecule has 8 heteroatoms. The van der Waals surface area contributed by atoms with Crippen LogP contribution < -0.4 is 11.2 Å². The lowest BCUT2D eigenvalue weighted by Crippen LogP contribution is -2.41. The van der Waals surface area contributed by atoms with Crippen molar-refractivity contribution < 1.29 is 8.60 Å². The smallest absolute Gasteiger partial charge is 0.295 e. The van der Waals surface area contributed by atoms with Crippen molar-refractivity contribution in [1.29, 1.82) is 0 Å². The Morgan fingerprint density at radius 3 is 2.53 bits per heavy atom. The number of hydrogen-bond donors (Lipinski definition) is 1. The Morgan fingerprint density at radius 2 is 1.94 bits per heavy atom. The number of nitrogens with zero attached hydrogens (tertiary/aromatic N) is 1. The monoisotopic (exact) mass is 280 g/mol. The third-order valence-corrected chi connectivity index (χ3v) is 4.40. The van der Waals surface area contributed by atoms with Gasteiger partial charge in [-0.25, -0.2) is 4.79 Å². The first-order valence-corrected chi connectivity index (χ1v) is 6.92. The number of halogens is 2. The first kappa shape index (κ1) is 12.5. The van der Waals surface area contributed by atoms with Gasteiger partial charge in [-0.1, -0.05) is 11.6 Å². The first-order valence-electron chi connectivity index (χ1n) is 5.05. The molecule has 17 heavy (non-hydrogen) atoms. The Balaban J connectivity index is 2.46. The summed E-state index contributed by atoms with van der Waals surface area (Å²) in [5.41, 5.74) is -1.74. The van der Waals surface area contributed by atoms with Crippen molar-refractivity contribution in [2.45, 2.75) is 18.9 Å². The minimum atomic E-state index is -1.15. The Labute approximate surface area is 103 Å². The Kier molecular flexibility index (Phi) is 3.48. The highest BCUT2D eigenvalue weighted by molar-refractivity contribution is 7.85. The van der Waals surface area contributed by atoms with Crippen molar-refractivity contribution in [2.24, 2.45) is 0 Å². The zero-order valence-corrected chi connectivity index (χ0v) is 10.3. The Hall–Kier alpha value is -0.950. The van der Waals surface area contributed by atoms with Crippen LogP contribution in [-0.4, -0.2) is 25.3 Å². The molecule has 0 radical (unpaired) electrons. The third kappa shape index (κ3) is 2.35. The van der Waals surface area contributed by atoms with E-state index in [1.54, 1.807) is 0 Å². The molecule has 2 heterocycles. The molecule has 0 spiro atoms. The fourth-order valence-electron chi connectivity index (χ4n) is 1.87. The van der Waals surface area contributed by atoms with Crippen molar-refractivity contribution in [3.8, 4) is 0 Å². The molecule has 1 fully saturated rings. The first-order chi connectivity index (χ1) is 8.00. The number of rotatable bonds is 1. The minimum absolute atomic E-state index is 0.407. The predicted octanol–water partition coefficient (Wildman–Crippen LogP) is 0.413. The normalized spacial score (nSPS) is 24.8. The molecule has 1 aromatic heterocycles. The summed E-state index contributed by atoms with van der Waals surface area (Å²) < 4.78 is 25.3. The van der Waals surface area contributed by atoms with E-state index >= 15 is 0 Å². The molecule has 0 unspecified atom stereocenters. The van der Waals surface area contributed by atoms with Crippen LogP contribution in [0.5, 0.6) is 0 Å². The van der Waals surface area contributed by atoms with Crippen LogP contribution in [0.25, 0.3) is 0 Å². The summed E-state index contributed by atoms with van der Waals surface area (Å²) >= 11 is 5.36. The van der Waals surface area contributed by atoms with E-state index in [0.717, 1.165) is 4.57 Å². The maximum absolute atomic E-state index is 13.3.